The van der Waals surface area contributed by atoms with Gasteiger partial charge in [0.15, 0.2) is 0 Å². The molecule has 8 heteroatoms. The first kappa shape index (κ1) is 25.3. The standard InChI is InChI=1S/C30H33N5O3/c1-4-22-13-15-23(16-14-22)28-26-12-9-19-33(26)29-25(21(3)32-35(29)24-10-7-6-8-11-24)20-34(28)30(37)31-18-17-27(36)38-5-2/h6-16,19,28H,4-5,17-18,20H2,1-3H3,(H,31,37)/t28-/m0/s1. The zero-order valence-corrected chi connectivity index (χ0v) is 22.1. The summed E-state index contributed by atoms with van der Waals surface area (Å²) in [6.45, 7) is 6.76. The Balaban J connectivity index is 1.60. The van der Waals surface area contributed by atoms with Crippen LogP contribution in [0.4, 0.5) is 4.79 Å². The van der Waals surface area contributed by atoms with Crippen molar-refractivity contribution in [3.05, 3.63) is 101 Å². The van der Waals surface area contributed by atoms with Crippen molar-refractivity contribution in [2.24, 2.45) is 0 Å². The van der Waals surface area contributed by atoms with Gasteiger partial charge in [0, 0.05) is 18.3 Å². The monoisotopic (exact) mass is 511 g/mol. The number of rotatable bonds is 7. The summed E-state index contributed by atoms with van der Waals surface area (Å²) in [5.41, 5.74) is 6.00. The molecule has 8 nitrogen and oxygen atoms in total. The van der Waals surface area contributed by atoms with E-state index in [1.807, 2.05) is 59.1 Å². The van der Waals surface area contributed by atoms with Gasteiger partial charge in [-0.15, -0.1) is 0 Å². The number of esters is 1. The molecule has 0 aliphatic carbocycles. The molecule has 1 aliphatic rings. The quantitative estimate of drug-likeness (QED) is 0.350. The molecule has 2 amide bonds. The summed E-state index contributed by atoms with van der Waals surface area (Å²) in [4.78, 5) is 27.5. The third-order valence-corrected chi connectivity index (χ3v) is 6.96. The van der Waals surface area contributed by atoms with Gasteiger partial charge in [-0.05, 0) is 55.7 Å². The van der Waals surface area contributed by atoms with Crippen molar-refractivity contribution in [2.75, 3.05) is 13.2 Å². The Morgan fingerprint density at radius 1 is 1.03 bits per heavy atom. The Morgan fingerprint density at radius 2 is 1.79 bits per heavy atom. The van der Waals surface area contributed by atoms with Crippen LogP contribution in [0, 0.1) is 6.92 Å². The maximum Gasteiger partial charge on any atom is 0.318 e. The van der Waals surface area contributed by atoms with E-state index in [0.29, 0.717) is 13.2 Å². The van der Waals surface area contributed by atoms with E-state index in [4.69, 9.17) is 9.84 Å². The third kappa shape index (κ3) is 4.81. The second kappa shape index (κ2) is 11.0. The van der Waals surface area contributed by atoms with Crippen molar-refractivity contribution in [1.29, 1.82) is 0 Å². The van der Waals surface area contributed by atoms with Crippen LogP contribution in [0.1, 0.15) is 54.4 Å². The lowest BCUT2D eigenvalue weighted by Gasteiger charge is -2.31. The summed E-state index contributed by atoms with van der Waals surface area (Å²) in [6.07, 6.45) is 3.09. The Hall–Kier alpha value is -4.33. The molecular weight excluding hydrogens is 478 g/mol. The zero-order valence-electron chi connectivity index (χ0n) is 22.1. The van der Waals surface area contributed by atoms with Crippen molar-refractivity contribution >= 4 is 12.0 Å². The van der Waals surface area contributed by atoms with Crippen molar-refractivity contribution in [1.82, 2.24) is 24.6 Å². The molecule has 0 saturated carbocycles. The number of amides is 2. The van der Waals surface area contributed by atoms with Gasteiger partial charge < -0.3 is 19.5 Å². The molecule has 0 spiro atoms. The highest BCUT2D eigenvalue weighted by atomic mass is 16.5. The number of nitrogens with one attached hydrogen (secondary N) is 1. The minimum absolute atomic E-state index is 0.121. The Labute approximate surface area is 222 Å². The molecule has 2 aromatic carbocycles. The van der Waals surface area contributed by atoms with Crippen molar-refractivity contribution in [3.63, 3.8) is 0 Å². The predicted octanol–water partition coefficient (Wildman–Crippen LogP) is 5.10. The van der Waals surface area contributed by atoms with Crippen molar-refractivity contribution in [3.8, 4) is 11.5 Å². The number of urea groups is 1. The summed E-state index contributed by atoms with van der Waals surface area (Å²) in [5, 5.41) is 7.83. The second-order valence-corrected chi connectivity index (χ2v) is 9.35. The lowest BCUT2D eigenvalue weighted by atomic mass is 10.00. The first-order chi connectivity index (χ1) is 18.5. The molecule has 196 valence electrons. The van der Waals surface area contributed by atoms with Gasteiger partial charge >= 0.3 is 12.0 Å². The van der Waals surface area contributed by atoms with Crippen LogP contribution in [0.15, 0.2) is 72.9 Å². The van der Waals surface area contributed by atoms with Gasteiger partial charge in [-0.25, -0.2) is 9.48 Å². The lowest BCUT2D eigenvalue weighted by molar-refractivity contribution is -0.142. The molecule has 0 unspecified atom stereocenters. The number of ether oxygens (including phenoxy) is 1. The fourth-order valence-electron chi connectivity index (χ4n) is 5.04. The van der Waals surface area contributed by atoms with E-state index in [1.54, 1.807) is 6.92 Å². The number of hydrogen-bond acceptors (Lipinski definition) is 4. The van der Waals surface area contributed by atoms with Gasteiger partial charge in [0.1, 0.15) is 5.82 Å². The van der Waals surface area contributed by atoms with Gasteiger partial charge in [0.2, 0.25) is 0 Å². The van der Waals surface area contributed by atoms with Crippen LogP contribution >= 0.6 is 0 Å². The zero-order chi connectivity index (χ0) is 26.6. The van der Waals surface area contributed by atoms with E-state index >= 15 is 0 Å². The van der Waals surface area contributed by atoms with Crippen LogP contribution in [0.25, 0.3) is 11.5 Å². The summed E-state index contributed by atoms with van der Waals surface area (Å²) in [5.74, 6) is 0.595. The number of carbonyl (C=O) groups excluding carboxylic acids is 2. The van der Waals surface area contributed by atoms with Crippen LogP contribution in [-0.2, 0) is 22.5 Å². The average molecular weight is 512 g/mol. The normalized spacial score (nSPS) is 14.4. The van der Waals surface area contributed by atoms with Crippen LogP contribution in [0.3, 0.4) is 0 Å². The summed E-state index contributed by atoms with van der Waals surface area (Å²) >= 11 is 0. The third-order valence-electron chi connectivity index (χ3n) is 6.96. The average Bonchev–Trinajstić information content (AvgIpc) is 3.50. The molecule has 38 heavy (non-hydrogen) atoms. The van der Waals surface area contributed by atoms with E-state index in [0.717, 1.165) is 40.4 Å². The number of aryl methyl sites for hydroxylation is 2. The molecule has 3 heterocycles. The van der Waals surface area contributed by atoms with E-state index in [2.05, 4.69) is 47.1 Å². The summed E-state index contributed by atoms with van der Waals surface area (Å²) in [7, 11) is 0. The molecule has 5 rings (SSSR count). The van der Waals surface area contributed by atoms with Gasteiger partial charge in [-0.2, -0.15) is 5.10 Å². The van der Waals surface area contributed by atoms with Crippen LogP contribution in [-0.4, -0.2) is 44.4 Å². The molecule has 0 saturated heterocycles. The van der Waals surface area contributed by atoms with E-state index in [-0.39, 0.29) is 31.0 Å². The van der Waals surface area contributed by atoms with Crippen molar-refractivity contribution < 1.29 is 14.3 Å². The number of aromatic nitrogens is 3. The summed E-state index contributed by atoms with van der Waals surface area (Å²) in [6, 6.07) is 22.0. The Kier molecular flexibility index (Phi) is 7.31. The van der Waals surface area contributed by atoms with E-state index in [1.165, 1.54) is 5.56 Å². The van der Waals surface area contributed by atoms with Crippen molar-refractivity contribution in [2.45, 2.75) is 46.2 Å². The first-order valence-electron chi connectivity index (χ1n) is 13.1. The minimum atomic E-state index is -0.338. The molecule has 1 N–H and O–H groups in total. The second-order valence-electron chi connectivity index (χ2n) is 9.35. The number of fused-ring (bicyclic) bond motifs is 3. The molecule has 1 aliphatic heterocycles. The fourth-order valence-corrected chi connectivity index (χ4v) is 5.04. The number of para-hydroxylation sites is 1. The highest BCUT2D eigenvalue weighted by Gasteiger charge is 2.35. The largest absolute Gasteiger partial charge is 0.466 e. The van der Waals surface area contributed by atoms with Gasteiger partial charge in [0.25, 0.3) is 0 Å². The minimum Gasteiger partial charge on any atom is -0.466 e. The van der Waals surface area contributed by atoms with Crippen LogP contribution in [0.5, 0.6) is 0 Å². The van der Waals surface area contributed by atoms with E-state index < -0.39 is 0 Å². The molecular formula is C30H33N5O3. The van der Waals surface area contributed by atoms with Crippen LogP contribution in [0.2, 0.25) is 0 Å². The Morgan fingerprint density at radius 3 is 2.50 bits per heavy atom. The molecule has 2 aromatic heterocycles. The van der Waals surface area contributed by atoms with Gasteiger partial charge in [-0.1, -0.05) is 49.4 Å². The maximum atomic E-state index is 13.8. The molecule has 4 aromatic rings. The number of carbonyl (C=O) groups is 2. The fraction of sp³-hybridized carbons (Fsp3) is 0.300. The topological polar surface area (TPSA) is 81.4 Å². The number of nitrogens with zero attached hydrogens (tertiary/aromatic N) is 4. The van der Waals surface area contributed by atoms with Gasteiger partial charge in [0.05, 0.1) is 42.7 Å². The molecule has 0 bridgehead atoms. The number of hydrogen-bond donors (Lipinski definition) is 1. The summed E-state index contributed by atoms with van der Waals surface area (Å²) < 4.78 is 9.12. The SMILES string of the molecule is CCOC(=O)CCNC(=O)N1Cc2c(C)nn(-c3ccccc3)c2-n2cccc2[C@@H]1c1ccc(CC)cc1. The van der Waals surface area contributed by atoms with E-state index in [9.17, 15) is 9.59 Å². The highest BCUT2D eigenvalue weighted by molar-refractivity contribution is 5.77. The highest BCUT2D eigenvalue weighted by Crippen LogP contribution is 2.38. The molecule has 1 atom stereocenters. The lowest BCUT2D eigenvalue weighted by Crippen LogP contribution is -2.42. The Bertz CT molecular complexity index is 1420. The smallest absolute Gasteiger partial charge is 0.318 e. The molecule has 0 radical (unpaired) electrons. The number of benzene rings is 2. The predicted molar refractivity (Wildman–Crippen MR) is 145 cm³/mol. The first-order valence-corrected chi connectivity index (χ1v) is 13.1. The molecule has 0 fully saturated rings. The maximum absolute atomic E-state index is 13.8. The van der Waals surface area contributed by atoms with Gasteiger partial charge in [-0.3, -0.25) is 4.79 Å². The van der Waals surface area contributed by atoms with Crippen LogP contribution < -0.4 is 5.32 Å².